The van der Waals surface area contributed by atoms with E-state index in [2.05, 4.69) is 43.3 Å². The van der Waals surface area contributed by atoms with Gasteiger partial charge in [-0.1, -0.05) is 12.8 Å². The van der Waals surface area contributed by atoms with Crippen LogP contribution in [0.15, 0.2) is 12.1 Å². The smallest absolute Gasteiger partial charge is 0.0379 e. The number of aromatic nitrogens is 1. The lowest BCUT2D eigenvalue weighted by Gasteiger charge is -2.17. The molecule has 1 unspecified atom stereocenters. The molecule has 0 bridgehead atoms. The lowest BCUT2D eigenvalue weighted by Crippen LogP contribution is -2.17. The summed E-state index contributed by atoms with van der Waals surface area (Å²) in [6.45, 7) is 4.15. The van der Waals surface area contributed by atoms with Gasteiger partial charge < -0.3 is 5.32 Å². The number of nitrogens with one attached hydrogen (secondary N) is 1. The summed E-state index contributed by atoms with van der Waals surface area (Å²) in [7, 11) is 2.06. The Morgan fingerprint density at radius 2 is 1.94 bits per heavy atom. The van der Waals surface area contributed by atoms with Crippen LogP contribution in [0.2, 0.25) is 0 Å². The van der Waals surface area contributed by atoms with Gasteiger partial charge in [0.2, 0.25) is 0 Å². The molecule has 1 N–H and O–H groups in total. The Morgan fingerprint density at radius 3 is 2.44 bits per heavy atom. The van der Waals surface area contributed by atoms with Crippen molar-refractivity contribution in [3.8, 4) is 0 Å². The van der Waals surface area contributed by atoms with Gasteiger partial charge in [0.15, 0.2) is 0 Å². The molecule has 2 heteroatoms. The number of pyridine rings is 1. The van der Waals surface area contributed by atoms with E-state index in [0.29, 0.717) is 6.04 Å². The third kappa shape index (κ3) is 3.05. The van der Waals surface area contributed by atoms with Crippen molar-refractivity contribution in [1.29, 1.82) is 0 Å². The summed E-state index contributed by atoms with van der Waals surface area (Å²) < 4.78 is 0. The van der Waals surface area contributed by atoms with Gasteiger partial charge in [-0.2, -0.15) is 0 Å². The molecule has 2 nitrogen and oxygen atoms in total. The summed E-state index contributed by atoms with van der Waals surface area (Å²) in [4.78, 5) is 4.43. The predicted molar refractivity (Wildman–Crippen MR) is 67.5 cm³/mol. The van der Waals surface area contributed by atoms with E-state index in [4.69, 9.17) is 0 Å². The molecule has 1 fully saturated rings. The zero-order chi connectivity index (χ0) is 11.5. The van der Waals surface area contributed by atoms with Crippen LogP contribution in [-0.4, -0.2) is 12.0 Å². The number of hydrogen-bond donors (Lipinski definition) is 1. The number of aryl methyl sites for hydroxylation is 2. The molecule has 1 aromatic heterocycles. The van der Waals surface area contributed by atoms with E-state index in [9.17, 15) is 0 Å². The van der Waals surface area contributed by atoms with Gasteiger partial charge in [-0.05, 0) is 57.4 Å². The molecule has 88 valence electrons. The minimum Gasteiger partial charge on any atom is -0.313 e. The van der Waals surface area contributed by atoms with E-state index in [0.717, 1.165) is 17.3 Å². The first-order valence-electron chi connectivity index (χ1n) is 6.31. The second-order valence-electron chi connectivity index (χ2n) is 5.05. The van der Waals surface area contributed by atoms with Crippen molar-refractivity contribution in [3.63, 3.8) is 0 Å². The Kier molecular flexibility index (Phi) is 3.59. The first kappa shape index (κ1) is 11.6. The van der Waals surface area contributed by atoms with E-state index < -0.39 is 0 Å². The zero-order valence-corrected chi connectivity index (χ0v) is 10.6. The second kappa shape index (κ2) is 4.96. The van der Waals surface area contributed by atoms with Crippen LogP contribution >= 0.6 is 0 Å². The molecule has 0 radical (unpaired) electrons. The summed E-state index contributed by atoms with van der Waals surface area (Å²) in [6.07, 6.45) is 5.52. The monoisotopic (exact) mass is 218 g/mol. The average Bonchev–Trinajstić information content (AvgIpc) is 3.01. The summed E-state index contributed by atoms with van der Waals surface area (Å²) in [5, 5.41) is 3.43. The van der Waals surface area contributed by atoms with Crippen LogP contribution in [0, 0.1) is 19.8 Å². The van der Waals surface area contributed by atoms with Crippen LogP contribution < -0.4 is 5.32 Å². The first-order valence-corrected chi connectivity index (χ1v) is 6.31. The fourth-order valence-corrected chi connectivity index (χ4v) is 2.35. The number of nitrogens with zero attached hydrogens (tertiary/aromatic N) is 1. The molecule has 1 aliphatic rings. The standard InChI is InChI=1S/C14H22N2/c1-10-8-13(9-11(2)16-10)14(15-3)7-6-12-4-5-12/h8-9,12,14-15H,4-7H2,1-3H3. The van der Waals surface area contributed by atoms with Gasteiger partial charge in [-0.25, -0.2) is 0 Å². The maximum atomic E-state index is 4.43. The minimum atomic E-state index is 0.501. The molecule has 1 aromatic rings. The highest BCUT2D eigenvalue weighted by molar-refractivity contribution is 5.23. The van der Waals surface area contributed by atoms with Crippen molar-refractivity contribution < 1.29 is 0 Å². The molecular weight excluding hydrogens is 196 g/mol. The van der Waals surface area contributed by atoms with E-state index >= 15 is 0 Å². The summed E-state index contributed by atoms with van der Waals surface area (Å²) >= 11 is 0. The Morgan fingerprint density at radius 1 is 1.31 bits per heavy atom. The van der Waals surface area contributed by atoms with Gasteiger partial charge in [0, 0.05) is 17.4 Å². The van der Waals surface area contributed by atoms with Gasteiger partial charge in [0.25, 0.3) is 0 Å². The highest BCUT2D eigenvalue weighted by Gasteiger charge is 2.22. The third-order valence-corrected chi connectivity index (χ3v) is 3.42. The largest absolute Gasteiger partial charge is 0.313 e. The van der Waals surface area contributed by atoms with E-state index in [1.165, 1.54) is 31.2 Å². The number of rotatable bonds is 5. The molecular formula is C14H22N2. The summed E-state index contributed by atoms with van der Waals surface area (Å²) in [5.41, 5.74) is 3.65. The van der Waals surface area contributed by atoms with Crippen LogP contribution in [0.1, 0.15) is 48.7 Å². The highest BCUT2D eigenvalue weighted by atomic mass is 14.9. The Hall–Kier alpha value is -0.890. The molecule has 1 aliphatic carbocycles. The van der Waals surface area contributed by atoms with Crippen LogP contribution in [0.3, 0.4) is 0 Å². The zero-order valence-electron chi connectivity index (χ0n) is 10.6. The van der Waals surface area contributed by atoms with Crippen molar-refractivity contribution >= 4 is 0 Å². The van der Waals surface area contributed by atoms with Crippen LogP contribution in [0.4, 0.5) is 0 Å². The Balaban J connectivity index is 2.04. The lowest BCUT2D eigenvalue weighted by atomic mass is 10.00. The summed E-state index contributed by atoms with van der Waals surface area (Å²) in [5.74, 6) is 1.01. The molecule has 1 atom stereocenters. The lowest BCUT2D eigenvalue weighted by molar-refractivity contribution is 0.505. The predicted octanol–water partition coefficient (Wildman–Crippen LogP) is 3.15. The normalized spacial score (nSPS) is 17.4. The van der Waals surface area contributed by atoms with Gasteiger partial charge in [0.05, 0.1) is 0 Å². The van der Waals surface area contributed by atoms with Gasteiger partial charge in [0.1, 0.15) is 0 Å². The van der Waals surface area contributed by atoms with Gasteiger partial charge in [-0.3, -0.25) is 4.98 Å². The number of hydrogen-bond acceptors (Lipinski definition) is 2. The molecule has 16 heavy (non-hydrogen) atoms. The van der Waals surface area contributed by atoms with Crippen molar-refractivity contribution in [2.24, 2.45) is 5.92 Å². The van der Waals surface area contributed by atoms with Crippen molar-refractivity contribution in [1.82, 2.24) is 10.3 Å². The maximum absolute atomic E-state index is 4.43. The minimum absolute atomic E-state index is 0.501. The topological polar surface area (TPSA) is 24.9 Å². The van der Waals surface area contributed by atoms with E-state index in [1.807, 2.05) is 0 Å². The Bertz CT molecular complexity index is 336. The van der Waals surface area contributed by atoms with Gasteiger partial charge >= 0.3 is 0 Å². The van der Waals surface area contributed by atoms with E-state index in [1.54, 1.807) is 0 Å². The summed E-state index contributed by atoms with van der Waals surface area (Å²) in [6, 6.07) is 4.92. The fraction of sp³-hybridized carbons (Fsp3) is 0.643. The van der Waals surface area contributed by atoms with Gasteiger partial charge in [-0.15, -0.1) is 0 Å². The molecule has 1 saturated carbocycles. The molecule has 2 rings (SSSR count). The molecule has 0 spiro atoms. The van der Waals surface area contributed by atoms with Crippen LogP contribution in [0.5, 0.6) is 0 Å². The molecule has 0 saturated heterocycles. The van der Waals surface area contributed by atoms with E-state index in [-0.39, 0.29) is 0 Å². The maximum Gasteiger partial charge on any atom is 0.0379 e. The first-order chi connectivity index (χ1) is 7.69. The quantitative estimate of drug-likeness (QED) is 0.821. The van der Waals surface area contributed by atoms with Crippen molar-refractivity contribution in [3.05, 3.63) is 29.1 Å². The second-order valence-corrected chi connectivity index (χ2v) is 5.05. The van der Waals surface area contributed by atoms with Crippen LogP contribution in [0.25, 0.3) is 0 Å². The highest BCUT2D eigenvalue weighted by Crippen LogP contribution is 2.35. The van der Waals surface area contributed by atoms with Crippen molar-refractivity contribution in [2.75, 3.05) is 7.05 Å². The Labute approximate surface area is 98.5 Å². The van der Waals surface area contributed by atoms with Crippen molar-refractivity contribution in [2.45, 2.75) is 45.6 Å². The molecule has 0 aliphatic heterocycles. The SMILES string of the molecule is CNC(CCC1CC1)c1cc(C)nc(C)c1. The molecule has 0 aromatic carbocycles. The molecule has 1 heterocycles. The molecule has 0 amide bonds. The average molecular weight is 218 g/mol. The fourth-order valence-electron chi connectivity index (χ4n) is 2.35. The third-order valence-electron chi connectivity index (χ3n) is 3.42. The van der Waals surface area contributed by atoms with Crippen LogP contribution in [-0.2, 0) is 0 Å².